The molecule has 6 heteroatoms. The standard InChI is InChI=1S/C11H18N2O3S/c1-3-17(14,15)8-4-7-12-10-5-6-11(16-2)13-9-10/h5-6,9,12H,3-4,7-8H2,1-2H3. The van der Waals surface area contributed by atoms with Crippen molar-refractivity contribution >= 4 is 15.5 Å². The SMILES string of the molecule is CCS(=O)(=O)CCCNc1ccc(OC)nc1. The number of rotatable bonds is 7. The summed E-state index contributed by atoms with van der Waals surface area (Å²) in [6.07, 6.45) is 2.26. The van der Waals surface area contributed by atoms with Gasteiger partial charge in [-0.1, -0.05) is 6.92 Å². The number of ether oxygens (including phenoxy) is 1. The predicted octanol–water partition coefficient (Wildman–Crippen LogP) is 1.33. The van der Waals surface area contributed by atoms with Gasteiger partial charge in [-0.25, -0.2) is 13.4 Å². The fourth-order valence-electron chi connectivity index (χ4n) is 1.27. The molecule has 96 valence electrons. The smallest absolute Gasteiger partial charge is 0.213 e. The van der Waals surface area contributed by atoms with Crippen LogP contribution in [0.5, 0.6) is 5.88 Å². The molecular weight excluding hydrogens is 240 g/mol. The normalized spacial score (nSPS) is 11.2. The van der Waals surface area contributed by atoms with E-state index in [0.717, 1.165) is 5.69 Å². The number of hydrogen-bond acceptors (Lipinski definition) is 5. The highest BCUT2D eigenvalue weighted by Gasteiger charge is 2.05. The van der Waals surface area contributed by atoms with E-state index in [9.17, 15) is 8.42 Å². The van der Waals surface area contributed by atoms with Crippen LogP contribution in [-0.4, -0.2) is 38.6 Å². The summed E-state index contributed by atoms with van der Waals surface area (Å²) in [5.74, 6) is 0.987. The molecule has 0 unspecified atom stereocenters. The summed E-state index contributed by atoms with van der Waals surface area (Å²) in [5, 5.41) is 3.11. The molecule has 17 heavy (non-hydrogen) atoms. The van der Waals surface area contributed by atoms with Crippen LogP contribution in [0.4, 0.5) is 5.69 Å². The maximum Gasteiger partial charge on any atom is 0.213 e. The van der Waals surface area contributed by atoms with E-state index in [0.29, 0.717) is 18.8 Å². The van der Waals surface area contributed by atoms with Gasteiger partial charge in [0, 0.05) is 18.4 Å². The first-order chi connectivity index (χ1) is 8.07. The van der Waals surface area contributed by atoms with Gasteiger partial charge in [0.15, 0.2) is 0 Å². The molecule has 0 radical (unpaired) electrons. The van der Waals surface area contributed by atoms with Crippen LogP contribution in [0.2, 0.25) is 0 Å². The number of nitrogens with one attached hydrogen (secondary N) is 1. The van der Waals surface area contributed by atoms with Crippen molar-refractivity contribution in [1.82, 2.24) is 4.98 Å². The zero-order valence-corrected chi connectivity index (χ0v) is 11.0. The molecule has 1 aromatic rings. The van der Waals surface area contributed by atoms with Gasteiger partial charge >= 0.3 is 0 Å². The Bertz CT molecular complexity index is 429. The Morgan fingerprint density at radius 2 is 2.18 bits per heavy atom. The van der Waals surface area contributed by atoms with Crippen molar-refractivity contribution in [2.75, 3.05) is 30.5 Å². The van der Waals surface area contributed by atoms with E-state index in [4.69, 9.17) is 4.74 Å². The molecule has 1 heterocycles. The Morgan fingerprint density at radius 3 is 2.71 bits per heavy atom. The van der Waals surface area contributed by atoms with Crippen molar-refractivity contribution in [1.29, 1.82) is 0 Å². The minimum absolute atomic E-state index is 0.205. The molecule has 0 aliphatic carbocycles. The Morgan fingerprint density at radius 1 is 1.41 bits per heavy atom. The number of sulfone groups is 1. The van der Waals surface area contributed by atoms with Crippen molar-refractivity contribution in [3.05, 3.63) is 18.3 Å². The van der Waals surface area contributed by atoms with Crippen LogP contribution in [-0.2, 0) is 9.84 Å². The summed E-state index contributed by atoms with van der Waals surface area (Å²) in [6.45, 7) is 2.28. The van der Waals surface area contributed by atoms with Gasteiger partial charge in [0.05, 0.1) is 24.7 Å². The van der Waals surface area contributed by atoms with Gasteiger partial charge in [-0.15, -0.1) is 0 Å². The van der Waals surface area contributed by atoms with Crippen LogP contribution in [0.25, 0.3) is 0 Å². The molecule has 0 amide bonds. The fourth-order valence-corrected chi connectivity index (χ4v) is 2.15. The average Bonchev–Trinajstić information content (AvgIpc) is 2.35. The third-order valence-electron chi connectivity index (χ3n) is 2.35. The van der Waals surface area contributed by atoms with Crippen LogP contribution < -0.4 is 10.1 Å². The zero-order chi connectivity index (χ0) is 12.7. The molecule has 0 aliphatic rings. The first-order valence-electron chi connectivity index (χ1n) is 5.51. The number of anilines is 1. The molecule has 0 fully saturated rings. The minimum atomic E-state index is -2.86. The Balaban J connectivity index is 2.31. The molecule has 0 aliphatic heterocycles. The Labute approximate surface area is 102 Å². The van der Waals surface area contributed by atoms with Crippen LogP contribution in [0.1, 0.15) is 13.3 Å². The largest absolute Gasteiger partial charge is 0.481 e. The lowest BCUT2D eigenvalue weighted by atomic mass is 10.4. The van der Waals surface area contributed by atoms with Gasteiger partial charge in [0.2, 0.25) is 5.88 Å². The van der Waals surface area contributed by atoms with Crippen LogP contribution in [0, 0.1) is 0 Å². The highest BCUT2D eigenvalue weighted by Crippen LogP contribution is 2.10. The Hall–Kier alpha value is -1.30. The van der Waals surface area contributed by atoms with Gasteiger partial charge in [-0.05, 0) is 12.5 Å². The van der Waals surface area contributed by atoms with Gasteiger partial charge in [-0.3, -0.25) is 0 Å². The highest BCUT2D eigenvalue weighted by molar-refractivity contribution is 7.91. The molecule has 1 N–H and O–H groups in total. The summed E-state index contributed by atoms with van der Waals surface area (Å²) < 4.78 is 27.4. The molecule has 1 rings (SSSR count). The lowest BCUT2D eigenvalue weighted by Gasteiger charge is -2.06. The maximum atomic E-state index is 11.2. The maximum absolute atomic E-state index is 11.2. The third kappa shape index (κ3) is 5.04. The lowest BCUT2D eigenvalue weighted by Crippen LogP contribution is -2.12. The van der Waals surface area contributed by atoms with Crippen LogP contribution in [0.3, 0.4) is 0 Å². The van der Waals surface area contributed by atoms with E-state index in [1.165, 1.54) is 0 Å². The summed E-state index contributed by atoms with van der Waals surface area (Å²) in [7, 11) is -1.30. The predicted molar refractivity (Wildman–Crippen MR) is 68.2 cm³/mol. The van der Waals surface area contributed by atoms with Gasteiger partial charge in [-0.2, -0.15) is 0 Å². The van der Waals surface area contributed by atoms with E-state index in [2.05, 4.69) is 10.3 Å². The van der Waals surface area contributed by atoms with Crippen LogP contribution >= 0.6 is 0 Å². The van der Waals surface area contributed by atoms with Crippen LogP contribution in [0.15, 0.2) is 18.3 Å². The summed E-state index contributed by atoms with van der Waals surface area (Å²) in [5.41, 5.74) is 0.861. The number of methoxy groups -OCH3 is 1. The van der Waals surface area contributed by atoms with Crippen molar-refractivity contribution in [2.45, 2.75) is 13.3 Å². The molecule has 0 aromatic carbocycles. The fraction of sp³-hybridized carbons (Fsp3) is 0.545. The second-order valence-electron chi connectivity index (χ2n) is 3.61. The molecule has 0 saturated heterocycles. The first kappa shape index (κ1) is 13.8. The minimum Gasteiger partial charge on any atom is -0.481 e. The number of nitrogens with zero attached hydrogens (tertiary/aromatic N) is 1. The highest BCUT2D eigenvalue weighted by atomic mass is 32.2. The quantitative estimate of drug-likeness (QED) is 0.747. The van der Waals surface area contributed by atoms with Gasteiger partial charge < -0.3 is 10.1 Å². The van der Waals surface area contributed by atoms with E-state index in [1.54, 1.807) is 26.3 Å². The second kappa shape index (κ2) is 6.44. The molecule has 1 aromatic heterocycles. The summed E-state index contributed by atoms with van der Waals surface area (Å²) in [4.78, 5) is 4.04. The van der Waals surface area contributed by atoms with E-state index < -0.39 is 9.84 Å². The lowest BCUT2D eigenvalue weighted by molar-refractivity contribution is 0.398. The topological polar surface area (TPSA) is 68.3 Å². The molecular formula is C11H18N2O3S. The number of pyridine rings is 1. The van der Waals surface area contributed by atoms with Gasteiger partial charge in [0.1, 0.15) is 9.84 Å². The molecule has 0 atom stereocenters. The number of hydrogen-bond donors (Lipinski definition) is 1. The van der Waals surface area contributed by atoms with Crippen molar-refractivity contribution in [2.24, 2.45) is 0 Å². The Kier molecular flexibility index (Phi) is 5.21. The molecule has 0 bridgehead atoms. The van der Waals surface area contributed by atoms with E-state index in [-0.39, 0.29) is 11.5 Å². The molecule has 0 saturated carbocycles. The van der Waals surface area contributed by atoms with Crippen molar-refractivity contribution in [3.63, 3.8) is 0 Å². The van der Waals surface area contributed by atoms with Crippen molar-refractivity contribution < 1.29 is 13.2 Å². The second-order valence-corrected chi connectivity index (χ2v) is 6.08. The first-order valence-corrected chi connectivity index (χ1v) is 7.34. The summed E-state index contributed by atoms with van der Waals surface area (Å²) in [6, 6.07) is 3.60. The van der Waals surface area contributed by atoms with Crippen molar-refractivity contribution in [3.8, 4) is 5.88 Å². The molecule has 5 nitrogen and oxygen atoms in total. The summed E-state index contributed by atoms with van der Waals surface area (Å²) >= 11 is 0. The van der Waals surface area contributed by atoms with E-state index in [1.807, 2.05) is 6.07 Å². The number of aromatic nitrogens is 1. The zero-order valence-electron chi connectivity index (χ0n) is 10.1. The molecule has 0 spiro atoms. The van der Waals surface area contributed by atoms with Gasteiger partial charge in [0.25, 0.3) is 0 Å². The monoisotopic (exact) mass is 258 g/mol. The van der Waals surface area contributed by atoms with E-state index >= 15 is 0 Å². The third-order valence-corrected chi connectivity index (χ3v) is 4.14. The average molecular weight is 258 g/mol.